The highest BCUT2D eigenvalue weighted by Gasteiger charge is 2.34. The fourth-order valence-corrected chi connectivity index (χ4v) is 2.57. The lowest BCUT2D eigenvalue weighted by Crippen LogP contribution is -2.33. The molecule has 0 aromatic rings. The number of rotatable bonds is 1. The number of aliphatic carboxylic acids is 1. The Balaban J connectivity index is 2.63. The van der Waals surface area contributed by atoms with Crippen LogP contribution in [0.5, 0.6) is 0 Å². The Labute approximate surface area is 60.9 Å². The van der Waals surface area contributed by atoms with E-state index in [0.717, 1.165) is 0 Å². The van der Waals surface area contributed by atoms with Crippen LogP contribution in [0.3, 0.4) is 0 Å². The lowest BCUT2D eigenvalue weighted by Gasteiger charge is -2.05. The Kier molecular flexibility index (Phi) is 2.05. The summed E-state index contributed by atoms with van der Waals surface area (Å²) in [6.07, 6.45) is 0. The number of carbonyl (C=O) groups is 1. The van der Waals surface area contributed by atoms with Gasteiger partial charge in [0.15, 0.2) is 0 Å². The van der Waals surface area contributed by atoms with Crippen LogP contribution in [0.4, 0.5) is 0 Å². The van der Waals surface area contributed by atoms with Crippen LogP contribution in [0.2, 0.25) is 0 Å². The van der Waals surface area contributed by atoms with Gasteiger partial charge in [0, 0.05) is 28.3 Å². The molecule has 1 saturated heterocycles. The Morgan fingerprint density at radius 1 is 1.60 bits per heavy atom. The first kappa shape index (κ1) is 7.68. The van der Waals surface area contributed by atoms with Crippen LogP contribution in [-0.4, -0.2) is 32.8 Å². The van der Waals surface area contributed by atoms with Crippen molar-refractivity contribution in [2.24, 2.45) is 11.7 Å². The molecule has 1 rings (SSSR count). The summed E-state index contributed by atoms with van der Waals surface area (Å²) in [7, 11) is -1.01. The van der Waals surface area contributed by atoms with Crippen LogP contribution in [-0.2, 0) is 15.6 Å². The molecule has 0 unspecified atom stereocenters. The maximum atomic E-state index is 10.7. The zero-order valence-corrected chi connectivity index (χ0v) is 6.13. The molecule has 1 aliphatic heterocycles. The molecule has 5 heteroatoms. The second-order valence-corrected chi connectivity index (χ2v) is 3.93. The number of nitrogens with two attached hydrogens (primary N) is 1. The van der Waals surface area contributed by atoms with Gasteiger partial charge < -0.3 is 10.8 Å². The van der Waals surface area contributed by atoms with Crippen molar-refractivity contribution in [3.05, 3.63) is 0 Å². The average Bonchev–Trinajstić information content (AvgIpc) is 2.10. The number of carboxylic acids is 1. The van der Waals surface area contributed by atoms with Gasteiger partial charge in [-0.1, -0.05) is 0 Å². The van der Waals surface area contributed by atoms with Gasteiger partial charge in [0.05, 0.1) is 5.92 Å². The van der Waals surface area contributed by atoms with Gasteiger partial charge in [-0.15, -0.1) is 0 Å². The molecule has 0 saturated carbocycles. The standard InChI is InChI=1S/C5H9NO3S/c6-4-2-10(9)1-3(4)5(7)8/h3-4H,1-2,6H2,(H,7,8)/t3-,4+,10+/m0/s1. The average molecular weight is 163 g/mol. The molecule has 3 atom stereocenters. The molecule has 0 aliphatic carbocycles. The van der Waals surface area contributed by atoms with Crippen LogP contribution in [0.1, 0.15) is 0 Å². The summed E-state index contributed by atoms with van der Waals surface area (Å²) in [4.78, 5) is 10.3. The monoisotopic (exact) mass is 163 g/mol. The SMILES string of the molecule is N[C@@H]1C[S@](=O)C[C@@H]1C(=O)O. The summed E-state index contributed by atoms with van der Waals surface area (Å²) in [5, 5.41) is 8.49. The molecular weight excluding hydrogens is 154 g/mol. The van der Waals surface area contributed by atoms with Crippen LogP contribution >= 0.6 is 0 Å². The molecule has 1 aliphatic rings. The van der Waals surface area contributed by atoms with Crippen molar-refractivity contribution in [2.75, 3.05) is 11.5 Å². The van der Waals surface area contributed by atoms with E-state index in [2.05, 4.69) is 0 Å². The highest BCUT2D eigenvalue weighted by atomic mass is 32.2. The van der Waals surface area contributed by atoms with Crippen molar-refractivity contribution in [1.82, 2.24) is 0 Å². The van der Waals surface area contributed by atoms with Gasteiger partial charge in [-0.3, -0.25) is 9.00 Å². The van der Waals surface area contributed by atoms with Crippen molar-refractivity contribution in [3.8, 4) is 0 Å². The largest absolute Gasteiger partial charge is 0.481 e. The molecule has 0 bridgehead atoms. The van der Waals surface area contributed by atoms with Gasteiger partial charge in [-0.2, -0.15) is 0 Å². The molecule has 1 heterocycles. The summed E-state index contributed by atoms with van der Waals surface area (Å²) in [5.41, 5.74) is 5.40. The summed E-state index contributed by atoms with van der Waals surface area (Å²) in [6, 6.07) is -0.418. The molecule has 3 N–H and O–H groups in total. The molecule has 0 spiro atoms. The molecule has 1 fully saturated rings. The third-order valence-corrected chi connectivity index (χ3v) is 3.07. The molecule has 0 amide bonds. The van der Waals surface area contributed by atoms with Crippen molar-refractivity contribution >= 4 is 16.8 Å². The van der Waals surface area contributed by atoms with E-state index in [1.54, 1.807) is 0 Å². The van der Waals surface area contributed by atoms with Gasteiger partial charge in [0.1, 0.15) is 0 Å². The van der Waals surface area contributed by atoms with Gasteiger partial charge in [-0.05, 0) is 0 Å². The van der Waals surface area contributed by atoms with E-state index >= 15 is 0 Å². The van der Waals surface area contributed by atoms with Crippen molar-refractivity contribution < 1.29 is 14.1 Å². The fraction of sp³-hybridized carbons (Fsp3) is 0.800. The van der Waals surface area contributed by atoms with E-state index in [1.165, 1.54) is 0 Å². The van der Waals surface area contributed by atoms with Gasteiger partial charge in [-0.25, -0.2) is 0 Å². The molecular formula is C5H9NO3S. The first-order valence-corrected chi connectivity index (χ1v) is 4.43. The lowest BCUT2D eigenvalue weighted by molar-refractivity contribution is -0.141. The first-order chi connectivity index (χ1) is 4.61. The quantitative estimate of drug-likeness (QED) is 0.507. The fourth-order valence-electron chi connectivity index (χ4n) is 0.977. The molecule has 4 nitrogen and oxygen atoms in total. The van der Waals surface area contributed by atoms with Crippen molar-refractivity contribution in [3.63, 3.8) is 0 Å². The minimum absolute atomic E-state index is 0.219. The minimum atomic E-state index is -1.01. The smallest absolute Gasteiger partial charge is 0.309 e. The van der Waals surface area contributed by atoms with E-state index in [-0.39, 0.29) is 5.75 Å². The second kappa shape index (κ2) is 2.67. The highest BCUT2D eigenvalue weighted by molar-refractivity contribution is 7.85. The summed E-state index contributed by atoms with van der Waals surface area (Å²) < 4.78 is 10.7. The summed E-state index contributed by atoms with van der Waals surface area (Å²) in [5.74, 6) is -0.979. The van der Waals surface area contributed by atoms with Crippen molar-refractivity contribution in [1.29, 1.82) is 0 Å². The Bertz CT molecular complexity index is 182. The molecule has 0 aromatic carbocycles. The second-order valence-electron chi connectivity index (χ2n) is 2.38. The first-order valence-electron chi connectivity index (χ1n) is 2.94. The highest BCUT2D eigenvalue weighted by Crippen LogP contribution is 2.13. The molecule has 10 heavy (non-hydrogen) atoms. The predicted octanol–water partition coefficient (Wildman–Crippen LogP) is -1.22. The third kappa shape index (κ3) is 1.35. The van der Waals surface area contributed by atoms with Crippen LogP contribution < -0.4 is 5.73 Å². The van der Waals surface area contributed by atoms with Crippen molar-refractivity contribution in [2.45, 2.75) is 6.04 Å². The number of hydrogen-bond donors (Lipinski definition) is 2. The predicted molar refractivity (Wildman–Crippen MR) is 37.0 cm³/mol. The van der Waals surface area contributed by atoms with Gasteiger partial charge >= 0.3 is 5.97 Å². The Hall–Kier alpha value is -0.420. The van der Waals surface area contributed by atoms with Crippen LogP contribution in [0.25, 0.3) is 0 Å². The maximum Gasteiger partial charge on any atom is 0.309 e. The Morgan fingerprint density at radius 3 is 2.40 bits per heavy atom. The molecule has 0 aromatic heterocycles. The van der Waals surface area contributed by atoms with Crippen LogP contribution in [0.15, 0.2) is 0 Å². The maximum absolute atomic E-state index is 10.7. The zero-order chi connectivity index (χ0) is 7.72. The normalized spacial score (nSPS) is 39.9. The minimum Gasteiger partial charge on any atom is -0.481 e. The lowest BCUT2D eigenvalue weighted by atomic mass is 10.1. The summed E-state index contributed by atoms with van der Waals surface area (Å²) >= 11 is 0. The van der Waals surface area contributed by atoms with E-state index in [0.29, 0.717) is 5.75 Å². The molecule has 0 radical (unpaired) electrons. The van der Waals surface area contributed by atoms with E-state index in [4.69, 9.17) is 10.8 Å². The van der Waals surface area contributed by atoms with Gasteiger partial charge in [0.2, 0.25) is 0 Å². The topological polar surface area (TPSA) is 80.4 Å². The summed E-state index contributed by atoms with van der Waals surface area (Å²) in [6.45, 7) is 0. The number of carboxylic acid groups (broad SMARTS) is 1. The Morgan fingerprint density at radius 2 is 2.20 bits per heavy atom. The van der Waals surface area contributed by atoms with Gasteiger partial charge in [0.25, 0.3) is 0 Å². The molecule has 58 valence electrons. The van der Waals surface area contributed by atoms with E-state index in [1.807, 2.05) is 0 Å². The number of hydrogen-bond acceptors (Lipinski definition) is 3. The van der Waals surface area contributed by atoms with Crippen LogP contribution in [0, 0.1) is 5.92 Å². The van der Waals surface area contributed by atoms with E-state index < -0.39 is 28.7 Å². The zero-order valence-electron chi connectivity index (χ0n) is 5.32. The van der Waals surface area contributed by atoms with E-state index in [9.17, 15) is 9.00 Å². The third-order valence-electron chi connectivity index (χ3n) is 1.58.